The minimum atomic E-state index is -4.62. The topological polar surface area (TPSA) is 84.0 Å². The van der Waals surface area contributed by atoms with Crippen molar-refractivity contribution < 1.29 is 22.8 Å². The number of nitrogens with one attached hydrogen (secondary N) is 2. The van der Waals surface area contributed by atoms with Crippen LogP contribution in [0.15, 0.2) is 36.8 Å². The molecule has 9 heteroatoms. The zero-order chi connectivity index (χ0) is 18.0. The van der Waals surface area contributed by atoms with Crippen LogP contribution < -0.4 is 10.6 Å². The van der Waals surface area contributed by atoms with E-state index < -0.39 is 23.3 Å². The van der Waals surface area contributed by atoms with Crippen molar-refractivity contribution in [2.45, 2.75) is 19.0 Å². The van der Waals surface area contributed by atoms with Crippen molar-refractivity contribution in [3.05, 3.63) is 47.9 Å². The Morgan fingerprint density at radius 3 is 2.56 bits per heavy atom. The lowest BCUT2D eigenvalue weighted by atomic mass is 10.2. The molecule has 1 aliphatic rings. The molecule has 0 radical (unpaired) electrons. The maximum Gasteiger partial charge on any atom is 0.418 e. The summed E-state index contributed by atoms with van der Waals surface area (Å²) in [5.41, 5.74) is -1.37. The molecule has 1 fully saturated rings. The lowest BCUT2D eigenvalue weighted by Crippen LogP contribution is -2.18. The van der Waals surface area contributed by atoms with Gasteiger partial charge in [-0.05, 0) is 31.0 Å². The van der Waals surface area contributed by atoms with Gasteiger partial charge in [0.2, 0.25) is 5.91 Å². The Morgan fingerprint density at radius 1 is 1.12 bits per heavy atom. The van der Waals surface area contributed by atoms with Crippen molar-refractivity contribution in [1.82, 2.24) is 9.97 Å². The number of hydrogen-bond acceptors (Lipinski definition) is 4. The highest BCUT2D eigenvalue weighted by atomic mass is 19.4. The van der Waals surface area contributed by atoms with Gasteiger partial charge in [-0.25, -0.2) is 4.98 Å². The predicted octanol–water partition coefficient (Wildman–Crippen LogP) is 3.10. The van der Waals surface area contributed by atoms with Crippen molar-refractivity contribution in [2.24, 2.45) is 5.92 Å². The molecule has 2 N–H and O–H groups in total. The molecule has 0 unspecified atom stereocenters. The van der Waals surface area contributed by atoms with Gasteiger partial charge in [-0.3, -0.25) is 14.6 Å². The second-order valence-corrected chi connectivity index (χ2v) is 5.57. The number of anilines is 2. The number of amides is 2. The summed E-state index contributed by atoms with van der Waals surface area (Å²) in [6.45, 7) is 0. The summed E-state index contributed by atoms with van der Waals surface area (Å²) in [7, 11) is 0. The Labute approximate surface area is 140 Å². The fourth-order valence-corrected chi connectivity index (χ4v) is 2.15. The smallest absolute Gasteiger partial charge is 0.320 e. The average Bonchev–Trinajstić information content (AvgIpc) is 3.39. The summed E-state index contributed by atoms with van der Waals surface area (Å²) in [4.78, 5) is 31.5. The van der Waals surface area contributed by atoms with Crippen molar-refractivity contribution >= 4 is 23.3 Å². The molecule has 2 aromatic heterocycles. The minimum absolute atomic E-state index is 0.0379. The molecule has 1 aliphatic carbocycles. The number of aromatic nitrogens is 2. The molecular formula is C16H13F3N4O2. The van der Waals surface area contributed by atoms with E-state index in [1.54, 1.807) is 0 Å². The van der Waals surface area contributed by atoms with Crippen LogP contribution in [0.25, 0.3) is 0 Å². The van der Waals surface area contributed by atoms with Gasteiger partial charge in [0.15, 0.2) is 0 Å². The first-order valence-corrected chi connectivity index (χ1v) is 7.44. The van der Waals surface area contributed by atoms with Crippen LogP contribution in [0.1, 0.15) is 28.8 Å². The molecular weight excluding hydrogens is 337 g/mol. The fourth-order valence-electron chi connectivity index (χ4n) is 2.15. The van der Waals surface area contributed by atoms with Gasteiger partial charge in [0, 0.05) is 23.9 Å². The molecule has 0 aliphatic heterocycles. The lowest BCUT2D eigenvalue weighted by Gasteiger charge is -2.13. The summed E-state index contributed by atoms with van der Waals surface area (Å²) < 4.78 is 38.9. The SMILES string of the molecule is O=C(Nc1cnccc1C(F)(F)F)c1ccnc(NC(=O)C2CC2)c1. The van der Waals surface area contributed by atoms with Crippen LogP contribution in [-0.4, -0.2) is 21.8 Å². The standard InChI is InChI=1S/C16H13F3N4O2/c17-16(18,19)11-4-5-20-8-12(11)22-15(25)10-3-6-21-13(7-10)23-14(24)9-1-2-9/h3-9H,1-2H2,(H,22,25)(H,21,23,24). The Balaban J connectivity index is 1.77. The maximum absolute atomic E-state index is 13.0. The van der Waals surface area contributed by atoms with Crippen molar-refractivity contribution in [3.8, 4) is 0 Å². The van der Waals surface area contributed by atoms with E-state index in [2.05, 4.69) is 20.6 Å². The van der Waals surface area contributed by atoms with Gasteiger partial charge in [0.1, 0.15) is 5.82 Å². The van der Waals surface area contributed by atoms with Gasteiger partial charge in [-0.15, -0.1) is 0 Å². The Kier molecular flexibility index (Phi) is 4.39. The Morgan fingerprint density at radius 2 is 1.88 bits per heavy atom. The largest absolute Gasteiger partial charge is 0.418 e. The van der Waals surface area contributed by atoms with Gasteiger partial charge in [0.05, 0.1) is 17.4 Å². The highest BCUT2D eigenvalue weighted by Gasteiger charge is 2.34. The highest BCUT2D eigenvalue weighted by molar-refractivity contribution is 6.05. The predicted molar refractivity (Wildman–Crippen MR) is 82.8 cm³/mol. The number of carbonyl (C=O) groups excluding carboxylic acids is 2. The van der Waals surface area contributed by atoms with E-state index in [-0.39, 0.29) is 23.2 Å². The highest BCUT2D eigenvalue weighted by Crippen LogP contribution is 2.34. The third kappa shape index (κ3) is 4.11. The van der Waals surface area contributed by atoms with Crippen LogP contribution in [-0.2, 0) is 11.0 Å². The first-order valence-electron chi connectivity index (χ1n) is 7.44. The number of hydrogen-bond donors (Lipinski definition) is 2. The third-order valence-electron chi connectivity index (χ3n) is 3.60. The molecule has 2 heterocycles. The van der Waals surface area contributed by atoms with Crippen LogP contribution in [0.2, 0.25) is 0 Å². The second kappa shape index (κ2) is 6.50. The van der Waals surface area contributed by atoms with Crippen molar-refractivity contribution in [1.29, 1.82) is 0 Å². The zero-order valence-corrected chi connectivity index (χ0v) is 12.8. The van der Waals surface area contributed by atoms with E-state index in [9.17, 15) is 22.8 Å². The van der Waals surface area contributed by atoms with Gasteiger partial charge >= 0.3 is 6.18 Å². The van der Waals surface area contributed by atoms with Crippen LogP contribution in [0.4, 0.5) is 24.7 Å². The fraction of sp³-hybridized carbons (Fsp3) is 0.250. The number of carbonyl (C=O) groups is 2. The molecule has 2 aromatic rings. The molecule has 130 valence electrons. The van der Waals surface area contributed by atoms with Gasteiger partial charge in [0.25, 0.3) is 5.91 Å². The van der Waals surface area contributed by atoms with E-state index in [1.807, 2.05) is 0 Å². The summed E-state index contributed by atoms with van der Waals surface area (Å²) in [6.07, 6.45) is 0.229. The average molecular weight is 350 g/mol. The monoisotopic (exact) mass is 350 g/mol. The normalized spacial score (nSPS) is 14.0. The maximum atomic E-state index is 13.0. The summed E-state index contributed by atoms with van der Waals surface area (Å²) in [5.74, 6) is -0.810. The summed E-state index contributed by atoms with van der Waals surface area (Å²) >= 11 is 0. The lowest BCUT2D eigenvalue weighted by molar-refractivity contribution is -0.137. The molecule has 3 rings (SSSR count). The van der Waals surface area contributed by atoms with E-state index in [1.165, 1.54) is 18.3 Å². The molecule has 0 aromatic carbocycles. The van der Waals surface area contributed by atoms with Crippen LogP contribution in [0.3, 0.4) is 0 Å². The Bertz CT molecular complexity index is 819. The number of pyridine rings is 2. The molecule has 0 atom stereocenters. The quantitative estimate of drug-likeness (QED) is 0.887. The van der Waals surface area contributed by atoms with E-state index in [0.29, 0.717) is 0 Å². The summed E-state index contributed by atoms with van der Waals surface area (Å²) in [6, 6.07) is 3.43. The third-order valence-corrected chi connectivity index (χ3v) is 3.60. The first kappa shape index (κ1) is 16.9. The van der Waals surface area contributed by atoms with Gasteiger partial charge < -0.3 is 10.6 Å². The number of rotatable bonds is 4. The number of alkyl halides is 3. The first-order chi connectivity index (χ1) is 11.8. The summed E-state index contributed by atoms with van der Waals surface area (Å²) in [5, 5.41) is 4.76. The van der Waals surface area contributed by atoms with Crippen molar-refractivity contribution in [2.75, 3.05) is 10.6 Å². The van der Waals surface area contributed by atoms with E-state index in [0.717, 1.165) is 31.3 Å². The van der Waals surface area contributed by atoms with Crippen LogP contribution >= 0.6 is 0 Å². The van der Waals surface area contributed by atoms with Crippen LogP contribution in [0, 0.1) is 5.92 Å². The molecule has 25 heavy (non-hydrogen) atoms. The van der Waals surface area contributed by atoms with E-state index >= 15 is 0 Å². The molecule has 0 bridgehead atoms. The van der Waals surface area contributed by atoms with Crippen LogP contribution in [0.5, 0.6) is 0 Å². The molecule has 6 nitrogen and oxygen atoms in total. The van der Waals surface area contributed by atoms with Gasteiger partial charge in [-0.2, -0.15) is 13.2 Å². The van der Waals surface area contributed by atoms with Gasteiger partial charge in [-0.1, -0.05) is 0 Å². The Hall–Kier alpha value is -2.97. The molecule has 0 saturated heterocycles. The number of halogens is 3. The molecule has 2 amide bonds. The second-order valence-electron chi connectivity index (χ2n) is 5.57. The zero-order valence-electron chi connectivity index (χ0n) is 12.8. The minimum Gasteiger partial charge on any atom is -0.320 e. The molecule has 1 saturated carbocycles. The number of nitrogens with zero attached hydrogens (tertiary/aromatic N) is 2. The van der Waals surface area contributed by atoms with E-state index in [4.69, 9.17) is 0 Å². The van der Waals surface area contributed by atoms with Crippen molar-refractivity contribution in [3.63, 3.8) is 0 Å². The molecule has 0 spiro atoms.